The van der Waals surface area contributed by atoms with E-state index in [1.54, 1.807) is 0 Å². The van der Waals surface area contributed by atoms with Crippen LogP contribution in [0, 0.1) is 0 Å². The van der Waals surface area contributed by atoms with Gasteiger partial charge in [0.05, 0.1) is 17.1 Å². The number of rotatable bonds is 3. The molecule has 2 aliphatic rings. The molecule has 0 bridgehead atoms. The number of para-hydroxylation sites is 1. The molecule has 0 fully saturated rings. The molecule has 1 aliphatic heterocycles. The van der Waals surface area contributed by atoms with Crippen molar-refractivity contribution in [3.63, 3.8) is 0 Å². The molecule has 5 aromatic carbocycles. The van der Waals surface area contributed by atoms with Crippen LogP contribution in [-0.4, -0.2) is 10.5 Å². The van der Waals surface area contributed by atoms with Crippen LogP contribution in [0.25, 0.3) is 54.8 Å². The van der Waals surface area contributed by atoms with Gasteiger partial charge in [0.25, 0.3) is 0 Å². The highest BCUT2D eigenvalue weighted by Gasteiger charge is 2.24. The second-order valence-electron chi connectivity index (χ2n) is 12.1. The summed E-state index contributed by atoms with van der Waals surface area (Å²) in [6.45, 7) is 2.35. The molecule has 2 atom stereocenters. The van der Waals surface area contributed by atoms with Gasteiger partial charge in [-0.3, -0.25) is 4.57 Å². The first-order valence-corrected chi connectivity index (χ1v) is 16.5. The molecule has 7 aromatic rings. The average molecular weight is 598 g/mol. The van der Waals surface area contributed by atoms with Gasteiger partial charge in [0.15, 0.2) is 0 Å². The Morgan fingerprint density at radius 2 is 1.49 bits per heavy atom. The lowest BCUT2D eigenvalue weighted by molar-refractivity contribution is 0.791. The zero-order valence-corrected chi connectivity index (χ0v) is 25.8. The number of nitrogens with one attached hydrogen (secondary N) is 1. The average Bonchev–Trinajstić information content (AvgIpc) is 3.65. The van der Waals surface area contributed by atoms with Crippen molar-refractivity contribution in [2.75, 3.05) is 0 Å². The van der Waals surface area contributed by atoms with Crippen molar-refractivity contribution in [3.05, 3.63) is 155 Å². The van der Waals surface area contributed by atoms with E-state index in [1.165, 1.54) is 48.0 Å². The van der Waals surface area contributed by atoms with Gasteiger partial charge in [-0.05, 0) is 64.4 Å². The quantitative estimate of drug-likeness (QED) is 0.216. The van der Waals surface area contributed by atoms with Crippen molar-refractivity contribution < 1.29 is 0 Å². The summed E-state index contributed by atoms with van der Waals surface area (Å²) in [6.07, 6.45) is 8.01. The zero-order chi connectivity index (χ0) is 29.9. The van der Waals surface area contributed by atoms with Crippen LogP contribution >= 0.6 is 11.3 Å². The molecule has 0 amide bonds. The maximum Gasteiger partial charge on any atom is 0.208 e. The molecule has 2 aromatic heterocycles. The van der Waals surface area contributed by atoms with E-state index >= 15 is 0 Å². The van der Waals surface area contributed by atoms with Crippen LogP contribution in [0.15, 0.2) is 138 Å². The Bertz CT molecular complexity index is 2340. The second kappa shape index (κ2) is 10.5. The molecule has 2 unspecified atom stereocenters. The normalized spacial score (nSPS) is 17.7. The van der Waals surface area contributed by atoms with Gasteiger partial charge in [0.1, 0.15) is 0 Å². The van der Waals surface area contributed by atoms with Crippen molar-refractivity contribution >= 4 is 61.0 Å². The van der Waals surface area contributed by atoms with Crippen molar-refractivity contribution in [3.8, 4) is 11.1 Å². The molecule has 45 heavy (non-hydrogen) atoms. The monoisotopic (exact) mass is 597 g/mol. The smallest absolute Gasteiger partial charge is 0.208 e. The number of hydrogen-bond acceptors (Lipinski definition) is 3. The molecule has 216 valence electrons. The molecular formula is C41H31N3S. The van der Waals surface area contributed by atoms with Gasteiger partial charge in [-0.2, -0.15) is 0 Å². The maximum absolute atomic E-state index is 5.32. The summed E-state index contributed by atoms with van der Waals surface area (Å²) in [4.78, 5) is 6.83. The van der Waals surface area contributed by atoms with Gasteiger partial charge >= 0.3 is 0 Å². The molecular weight excluding hydrogens is 567 g/mol. The molecule has 0 saturated carbocycles. The Labute approximate surface area is 266 Å². The molecule has 9 rings (SSSR count). The first kappa shape index (κ1) is 26.2. The number of fused-ring (bicyclic) bond motifs is 6. The van der Waals surface area contributed by atoms with Crippen LogP contribution in [0.3, 0.4) is 0 Å². The van der Waals surface area contributed by atoms with Crippen LogP contribution in [0.4, 0.5) is 0 Å². The fourth-order valence-electron chi connectivity index (χ4n) is 7.03. The summed E-state index contributed by atoms with van der Waals surface area (Å²) in [5.41, 5.74) is 9.61. The minimum atomic E-state index is -0.105. The minimum Gasteiger partial charge on any atom is -0.325 e. The third-order valence-corrected chi connectivity index (χ3v) is 10.7. The fraction of sp³-hybridized carbons (Fsp3) is 0.0976. The standard InChI is InChI=1S/C41H31N3S/c1-26-12-10-19-32-33-20-11-18-30(40(33)45-39(26)32)29-22-23-38-34(24-29)31-17-8-9-21-37(31)44(38)41-42-35(27-13-4-2-5-14-27)25-36(43-41)28-15-6-3-7-16-28/h2-11,13-26,35H,12H2,1H3,(H,42,43). The molecule has 4 heteroatoms. The van der Waals surface area contributed by atoms with E-state index in [0.717, 1.165) is 34.7 Å². The summed E-state index contributed by atoms with van der Waals surface area (Å²) >= 11 is 1.97. The summed E-state index contributed by atoms with van der Waals surface area (Å²) in [5, 5.41) is 7.54. The summed E-state index contributed by atoms with van der Waals surface area (Å²) in [7, 11) is 0. The number of aliphatic imine (C=N–C) groups is 1. The second-order valence-corrected chi connectivity index (χ2v) is 13.1. The number of benzene rings is 5. The van der Waals surface area contributed by atoms with Gasteiger partial charge in [0.2, 0.25) is 5.96 Å². The molecule has 1 aliphatic carbocycles. The van der Waals surface area contributed by atoms with Gasteiger partial charge in [-0.1, -0.05) is 122 Å². The molecule has 0 saturated heterocycles. The molecule has 3 heterocycles. The van der Waals surface area contributed by atoms with E-state index in [-0.39, 0.29) is 6.04 Å². The van der Waals surface area contributed by atoms with Crippen molar-refractivity contribution in [1.82, 2.24) is 9.88 Å². The van der Waals surface area contributed by atoms with E-state index in [4.69, 9.17) is 4.99 Å². The zero-order valence-electron chi connectivity index (χ0n) is 24.9. The highest BCUT2D eigenvalue weighted by Crippen LogP contribution is 2.45. The van der Waals surface area contributed by atoms with Crippen LogP contribution in [0.1, 0.15) is 46.9 Å². The Kier molecular flexibility index (Phi) is 6.10. The van der Waals surface area contributed by atoms with E-state index in [2.05, 4.69) is 156 Å². The van der Waals surface area contributed by atoms with Gasteiger partial charge < -0.3 is 5.32 Å². The maximum atomic E-state index is 5.32. The first-order valence-electron chi connectivity index (χ1n) is 15.7. The lowest BCUT2D eigenvalue weighted by Gasteiger charge is -2.24. The number of aromatic nitrogens is 1. The largest absolute Gasteiger partial charge is 0.325 e. The SMILES string of the molecule is CC1CC=Cc2c1sc1c(-c3ccc4c(c3)c3ccccc3n4C3=NC(c4ccccc4)C=C(c4ccccc4)N3)cccc21. The Morgan fingerprint density at radius 3 is 2.36 bits per heavy atom. The molecule has 0 radical (unpaired) electrons. The van der Waals surface area contributed by atoms with Crippen molar-refractivity contribution in [2.45, 2.75) is 25.3 Å². The summed E-state index contributed by atoms with van der Waals surface area (Å²) in [5.74, 6) is 1.40. The third kappa shape index (κ3) is 4.28. The lowest BCUT2D eigenvalue weighted by atomic mass is 9.93. The van der Waals surface area contributed by atoms with Crippen LogP contribution in [0.2, 0.25) is 0 Å². The topological polar surface area (TPSA) is 29.3 Å². The van der Waals surface area contributed by atoms with E-state index < -0.39 is 0 Å². The van der Waals surface area contributed by atoms with Gasteiger partial charge in [-0.25, -0.2) is 4.99 Å². The fourth-order valence-corrected chi connectivity index (χ4v) is 8.42. The molecule has 3 nitrogen and oxygen atoms in total. The number of hydrogen-bond donors (Lipinski definition) is 1. The van der Waals surface area contributed by atoms with Crippen LogP contribution < -0.4 is 5.32 Å². The number of thiophene rings is 1. The first-order chi connectivity index (χ1) is 22.2. The lowest BCUT2D eigenvalue weighted by Crippen LogP contribution is -2.32. The predicted octanol–water partition coefficient (Wildman–Crippen LogP) is 10.8. The van der Waals surface area contributed by atoms with Gasteiger partial charge in [0, 0.05) is 31.4 Å². The highest BCUT2D eigenvalue weighted by molar-refractivity contribution is 7.20. The Morgan fingerprint density at radius 1 is 0.733 bits per heavy atom. The highest BCUT2D eigenvalue weighted by atomic mass is 32.1. The summed E-state index contributed by atoms with van der Waals surface area (Å²) in [6, 6.07) is 43.4. The van der Waals surface area contributed by atoms with Crippen LogP contribution in [-0.2, 0) is 0 Å². The third-order valence-electron chi connectivity index (χ3n) is 9.26. The van der Waals surface area contributed by atoms with E-state index in [1.807, 2.05) is 11.3 Å². The number of allylic oxidation sites excluding steroid dienone is 1. The van der Waals surface area contributed by atoms with Crippen molar-refractivity contribution in [1.29, 1.82) is 0 Å². The van der Waals surface area contributed by atoms with Crippen molar-refractivity contribution in [2.24, 2.45) is 4.99 Å². The molecule has 1 N–H and O–H groups in total. The van der Waals surface area contributed by atoms with Gasteiger partial charge in [-0.15, -0.1) is 11.3 Å². The molecule has 0 spiro atoms. The van der Waals surface area contributed by atoms with E-state index in [9.17, 15) is 0 Å². The van der Waals surface area contributed by atoms with E-state index in [0.29, 0.717) is 5.92 Å². The number of nitrogens with zero attached hydrogens (tertiary/aromatic N) is 2. The Balaban J connectivity index is 1.23. The predicted molar refractivity (Wildman–Crippen MR) is 192 cm³/mol. The van der Waals surface area contributed by atoms with Crippen LogP contribution in [0.5, 0.6) is 0 Å². The Hall–Kier alpha value is -5.19. The minimum absolute atomic E-state index is 0.105. The summed E-state index contributed by atoms with van der Waals surface area (Å²) < 4.78 is 3.68.